The van der Waals surface area contributed by atoms with E-state index in [1.165, 1.54) is 6.08 Å². The Morgan fingerprint density at radius 1 is 1.02 bits per heavy atom. The van der Waals surface area contributed by atoms with Gasteiger partial charge >= 0.3 is 5.97 Å². The van der Waals surface area contributed by atoms with E-state index in [4.69, 9.17) is 51.1 Å². The summed E-state index contributed by atoms with van der Waals surface area (Å²) in [4.78, 5) is 47.0. The number of anilines is 2. The lowest BCUT2D eigenvalue weighted by Gasteiger charge is -2.36. The number of hydrogen-bond acceptors (Lipinski definition) is 5. The van der Waals surface area contributed by atoms with Gasteiger partial charge in [-0.1, -0.05) is 71.9 Å². The van der Waals surface area contributed by atoms with E-state index in [9.17, 15) is 14.4 Å². The van der Waals surface area contributed by atoms with E-state index in [0.717, 1.165) is 32.1 Å². The second kappa shape index (κ2) is 11.7. The molecule has 1 aliphatic carbocycles. The van der Waals surface area contributed by atoms with Gasteiger partial charge in [0, 0.05) is 38.9 Å². The highest BCUT2D eigenvalue weighted by atomic mass is 35.5. The van der Waals surface area contributed by atoms with Crippen LogP contribution >= 0.6 is 46.4 Å². The fourth-order valence-electron chi connectivity index (χ4n) is 7.69. The second-order valence-corrected chi connectivity index (χ2v) is 13.3. The molecular formula is C31H31Cl4N3O4. The van der Waals surface area contributed by atoms with Crippen molar-refractivity contribution < 1.29 is 19.1 Å². The number of fused-ring (bicyclic) bond motifs is 4. The monoisotopic (exact) mass is 649 g/mol. The summed E-state index contributed by atoms with van der Waals surface area (Å²) in [7, 11) is 0. The average Bonchev–Trinajstić information content (AvgIpc) is 3.71. The van der Waals surface area contributed by atoms with Gasteiger partial charge in [-0.15, -0.1) is 0 Å². The van der Waals surface area contributed by atoms with Crippen molar-refractivity contribution >= 4 is 75.6 Å². The Hall–Kier alpha value is -2.29. The second-order valence-electron chi connectivity index (χ2n) is 11.6. The lowest BCUT2D eigenvalue weighted by Crippen LogP contribution is -2.54. The number of nitrogens with zero attached hydrogens (tertiary/aromatic N) is 2. The Balaban J connectivity index is 1.52. The molecule has 0 bridgehead atoms. The third-order valence-electron chi connectivity index (χ3n) is 9.25. The summed E-state index contributed by atoms with van der Waals surface area (Å²) in [5.41, 5.74) is -0.0682. The molecule has 4 atom stereocenters. The minimum atomic E-state index is -1.52. The van der Waals surface area contributed by atoms with Crippen LogP contribution in [0, 0.1) is 17.8 Å². The fraction of sp³-hybridized carbons (Fsp3) is 0.452. The molecule has 4 aliphatic rings. The predicted molar refractivity (Wildman–Crippen MR) is 165 cm³/mol. The summed E-state index contributed by atoms with van der Waals surface area (Å²) in [6.45, 7) is 4.59. The predicted octanol–water partition coefficient (Wildman–Crippen LogP) is 7.11. The Kier molecular flexibility index (Phi) is 8.26. The Labute approximate surface area is 265 Å². The van der Waals surface area contributed by atoms with Crippen molar-refractivity contribution in [3.8, 4) is 0 Å². The normalized spacial score (nSPS) is 26.8. The molecule has 2 aromatic carbocycles. The summed E-state index contributed by atoms with van der Waals surface area (Å²) in [6.07, 6.45) is 7.05. The molecule has 1 saturated carbocycles. The van der Waals surface area contributed by atoms with E-state index < -0.39 is 35.3 Å². The van der Waals surface area contributed by atoms with Crippen LogP contribution in [0.1, 0.15) is 44.1 Å². The molecule has 3 aliphatic heterocycles. The largest absolute Gasteiger partial charge is 0.461 e. The topological polar surface area (TPSA) is 79.0 Å². The number of rotatable bonds is 7. The van der Waals surface area contributed by atoms with Crippen molar-refractivity contribution in [1.29, 1.82) is 0 Å². The van der Waals surface area contributed by atoms with Gasteiger partial charge in [0.15, 0.2) is 0 Å². The van der Waals surface area contributed by atoms with Crippen molar-refractivity contribution in [1.82, 2.24) is 4.90 Å². The third kappa shape index (κ3) is 4.82. The van der Waals surface area contributed by atoms with E-state index in [1.807, 2.05) is 4.90 Å². The molecule has 0 aromatic heterocycles. The first-order valence-corrected chi connectivity index (χ1v) is 15.8. The maximum Gasteiger partial charge on any atom is 0.312 e. The smallest absolute Gasteiger partial charge is 0.312 e. The lowest BCUT2D eigenvalue weighted by molar-refractivity contribution is -0.157. The minimum absolute atomic E-state index is 0.0581. The van der Waals surface area contributed by atoms with E-state index >= 15 is 0 Å². The molecular weight excluding hydrogens is 620 g/mol. The van der Waals surface area contributed by atoms with Crippen molar-refractivity contribution in [2.24, 2.45) is 17.8 Å². The molecule has 0 radical (unpaired) electrons. The first kappa shape index (κ1) is 29.8. The Morgan fingerprint density at radius 2 is 1.71 bits per heavy atom. The molecule has 1 spiro atoms. The highest BCUT2D eigenvalue weighted by Gasteiger charge is 2.72. The molecule has 42 heavy (non-hydrogen) atoms. The number of carbonyl (C=O) groups is 3. The average molecular weight is 651 g/mol. The maximum atomic E-state index is 15.0. The van der Waals surface area contributed by atoms with Crippen LogP contribution < -0.4 is 10.2 Å². The molecule has 2 amide bonds. The van der Waals surface area contributed by atoms with Crippen molar-refractivity contribution in [3.05, 3.63) is 68.6 Å². The van der Waals surface area contributed by atoms with Crippen LogP contribution in [0.25, 0.3) is 0 Å². The maximum absolute atomic E-state index is 15.0. The zero-order valence-electron chi connectivity index (χ0n) is 22.9. The number of halogens is 4. The van der Waals surface area contributed by atoms with Crippen molar-refractivity contribution in [3.63, 3.8) is 0 Å². The Morgan fingerprint density at radius 3 is 2.40 bits per heavy atom. The molecule has 3 heterocycles. The van der Waals surface area contributed by atoms with Crippen LogP contribution in [0.4, 0.5) is 11.4 Å². The van der Waals surface area contributed by atoms with Crippen LogP contribution in [0.5, 0.6) is 0 Å². The summed E-state index contributed by atoms with van der Waals surface area (Å²) in [5, 5.41) is 4.32. The lowest BCUT2D eigenvalue weighted by atomic mass is 9.73. The van der Waals surface area contributed by atoms with Gasteiger partial charge < -0.3 is 15.0 Å². The standard InChI is InChI=1S/C31H31Cl4N3O4/c1-2-10-42-29(40)26-25(28(39)37(16-17-6-3-4-7-17)21-12-18(32)11-19(33)13-21)24-8-5-9-38(24)31(26)22-14-20(34)15-23(35)27(22)36-30(31)41/h2,11-15,17,24-26H,1,3-10,16H2,(H,36,41)/t24-,25?,26-,31?/m0/s1. The molecule has 1 N–H and O–H groups in total. The van der Waals surface area contributed by atoms with E-state index in [2.05, 4.69) is 11.9 Å². The molecule has 2 unspecified atom stereocenters. The number of amides is 2. The zero-order valence-corrected chi connectivity index (χ0v) is 25.9. The van der Waals surface area contributed by atoms with Gasteiger partial charge in [-0.05, 0) is 68.5 Å². The fourth-order valence-corrected chi connectivity index (χ4v) is 8.75. The number of benzene rings is 2. The molecule has 222 valence electrons. The summed E-state index contributed by atoms with van der Waals surface area (Å²) >= 11 is 25.9. The number of esters is 1. The number of ether oxygens (including phenoxy) is 1. The molecule has 7 nitrogen and oxygen atoms in total. The molecule has 3 fully saturated rings. The first-order valence-electron chi connectivity index (χ1n) is 14.3. The Bertz CT molecular complexity index is 1440. The summed E-state index contributed by atoms with van der Waals surface area (Å²) in [6, 6.07) is 7.89. The van der Waals surface area contributed by atoms with Gasteiger partial charge in [0.1, 0.15) is 18.1 Å². The van der Waals surface area contributed by atoms with E-state index in [-0.39, 0.29) is 17.5 Å². The number of hydrogen-bond donors (Lipinski definition) is 1. The minimum Gasteiger partial charge on any atom is -0.461 e. The van der Waals surface area contributed by atoms with Gasteiger partial charge in [-0.2, -0.15) is 0 Å². The van der Waals surface area contributed by atoms with Crippen molar-refractivity contribution in [2.45, 2.75) is 50.1 Å². The first-order chi connectivity index (χ1) is 20.2. The molecule has 11 heteroatoms. The number of nitrogens with one attached hydrogen (secondary N) is 1. The van der Waals surface area contributed by atoms with Crippen LogP contribution in [-0.4, -0.2) is 48.4 Å². The molecule has 2 saturated heterocycles. The van der Waals surface area contributed by atoms with Crippen LogP contribution in [0.3, 0.4) is 0 Å². The third-order valence-corrected chi connectivity index (χ3v) is 10.2. The van der Waals surface area contributed by atoms with Crippen LogP contribution in [-0.2, 0) is 24.7 Å². The highest BCUT2D eigenvalue weighted by Crippen LogP contribution is 2.60. The van der Waals surface area contributed by atoms with Gasteiger partial charge in [0.05, 0.1) is 16.6 Å². The zero-order chi connectivity index (χ0) is 29.8. The van der Waals surface area contributed by atoms with E-state index in [1.54, 1.807) is 35.2 Å². The van der Waals surface area contributed by atoms with Gasteiger partial charge in [-0.25, -0.2) is 0 Å². The van der Waals surface area contributed by atoms with Crippen LogP contribution in [0.2, 0.25) is 20.1 Å². The van der Waals surface area contributed by atoms with E-state index in [0.29, 0.717) is 57.4 Å². The highest BCUT2D eigenvalue weighted by molar-refractivity contribution is 6.38. The van der Waals surface area contributed by atoms with Gasteiger partial charge in [0.25, 0.3) is 5.91 Å². The van der Waals surface area contributed by atoms with Crippen LogP contribution in [0.15, 0.2) is 43.0 Å². The SMILES string of the molecule is C=CCOC(=O)[C@@H]1C(C(=O)N(CC2CCCC2)c2cc(Cl)cc(Cl)c2)[C@@H]2CCCN2C12C(=O)Nc1c(Cl)cc(Cl)cc12. The quantitative estimate of drug-likeness (QED) is 0.255. The molecule has 2 aromatic rings. The van der Waals surface area contributed by atoms with Crippen molar-refractivity contribution in [2.75, 3.05) is 29.9 Å². The van der Waals surface area contributed by atoms with Gasteiger partial charge in [-0.3, -0.25) is 19.3 Å². The summed E-state index contributed by atoms with van der Waals surface area (Å²) in [5.74, 6) is -3.08. The van der Waals surface area contributed by atoms with Gasteiger partial charge in [0.2, 0.25) is 5.91 Å². The summed E-state index contributed by atoms with van der Waals surface area (Å²) < 4.78 is 5.65. The molecule has 6 rings (SSSR count). The number of carbonyl (C=O) groups excluding carboxylic acids is 3.